The van der Waals surface area contributed by atoms with Gasteiger partial charge in [-0.15, -0.1) is 0 Å². The van der Waals surface area contributed by atoms with E-state index in [-0.39, 0.29) is 30.0 Å². The fourth-order valence-electron chi connectivity index (χ4n) is 5.04. The van der Waals surface area contributed by atoms with Crippen LogP contribution in [0.1, 0.15) is 61.2 Å². The molecule has 0 aliphatic carbocycles. The summed E-state index contributed by atoms with van der Waals surface area (Å²) in [6, 6.07) is 41.5. The molecule has 1 N–H and O–H groups in total. The molecule has 3 nitrogen and oxygen atoms in total. The minimum Gasteiger partial charge on any atom is -0.329 e. The Morgan fingerprint density at radius 3 is 1.49 bits per heavy atom. The molecule has 0 saturated heterocycles. The predicted molar refractivity (Wildman–Crippen MR) is 153 cm³/mol. The summed E-state index contributed by atoms with van der Waals surface area (Å²) in [5, 5.41) is 3.66. The molecule has 190 valence electrons. The van der Waals surface area contributed by atoms with Gasteiger partial charge in [-0.25, -0.2) is 0 Å². The van der Waals surface area contributed by atoms with E-state index in [1.807, 2.05) is 60.7 Å². The number of carbonyl (C=O) groups is 1. The van der Waals surface area contributed by atoms with Gasteiger partial charge in [-0.3, -0.25) is 4.79 Å². The molecule has 0 saturated carbocycles. The third-order valence-corrected chi connectivity index (χ3v) is 7.30. The molecular formula is C34H38N2O. The molecular weight excluding hydrogens is 452 g/mol. The summed E-state index contributed by atoms with van der Waals surface area (Å²) < 4.78 is 0. The summed E-state index contributed by atoms with van der Waals surface area (Å²) in [5.74, 6) is -0.0322. The zero-order valence-corrected chi connectivity index (χ0v) is 22.1. The molecule has 0 spiro atoms. The molecule has 0 aliphatic rings. The Hall–Kier alpha value is -3.69. The largest absolute Gasteiger partial charge is 0.329 e. The predicted octanol–water partition coefficient (Wildman–Crippen LogP) is 7.55. The summed E-state index contributed by atoms with van der Waals surface area (Å²) in [7, 11) is 0. The van der Waals surface area contributed by atoms with Gasteiger partial charge in [0.25, 0.3) is 0 Å². The van der Waals surface area contributed by atoms with Crippen molar-refractivity contribution in [2.45, 2.75) is 45.3 Å². The van der Waals surface area contributed by atoms with Gasteiger partial charge in [-0.05, 0) is 49.4 Å². The van der Waals surface area contributed by atoms with Crippen LogP contribution in [0.15, 0.2) is 121 Å². The number of amides is 1. The normalized spacial score (nSPS) is 14.4. The van der Waals surface area contributed by atoms with Crippen LogP contribution in [0.2, 0.25) is 0 Å². The molecule has 0 bridgehead atoms. The Morgan fingerprint density at radius 2 is 1.03 bits per heavy atom. The topological polar surface area (TPSA) is 32.3 Å². The first kappa shape index (κ1) is 26.4. The summed E-state index contributed by atoms with van der Waals surface area (Å²) in [5.41, 5.74) is 4.68. The van der Waals surface area contributed by atoms with Crippen molar-refractivity contribution < 1.29 is 4.79 Å². The molecule has 0 unspecified atom stereocenters. The Bertz CT molecular complexity index is 1170. The van der Waals surface area contributed by atoms with Gasteiger partial charge in [-0.2, -0.15) is 0 Å². The number of hydrogen-bond acceptors (Lipinski definition) is 2. The van der Waals surface area contributed by atoms with Gasteiger partial charge in [-0.1, -0.05) is 121 Å². The lowest BCUT2D eigenvalue weighted by molar-refractivity contribution is -0.140. The summed E-state index contributed by atoms with van der Waals surface area (Å²) in [4.78, 5) is 16.6. The summed E-state index contributed by atoms with van der Waals surface area (Å²) in [6.07, 6.45) is 0.688. The van der Waals surface area contributed by atoms with Crippen LogP contribution in [-0.4, -0.2) is 17.4 Å². The average molecular weight is 491 g/mol. The van der Waals surface area contributed by atoms with Crippen molar-refractivity contribution in [3.63, 3.8) is 0 Å². The van der Waals surface area contributed by atoms with E-state index in [1.54, 1.807) is 0 Å². The van der Waals surface area contributed by atoms with Gasteiger partial charge in [0, 0.05) is 12.6 Å². The lowest BCUT2D eigenvalue weighted by Gasteiger charge is -2.38. The minimum absolute atomic E-state index is 0.0614. The van der Waals surface area contributed by atoms with E-state index < -0.39 is 0 Å². The van der Waals surface area contributed by atoms with Crippen LogP contribution < -0.4 is 5.32 Å². The molecule has 1 amide bonds. The molecule has 4 aromatic carbocycles. The van der Waals surface area contributed by atoms with Crippen LogP contribution in [0.5, 0.6) is 0 Å². The number of nitrogens with zero attached hydrogens (tertiary/aromatic N) is 1. The van der Waals surface area contributed by atoms with E-state index in [9.17, 15) is 4.79 Å². The summed E-state index contributed by atoms with van der Waals surface area (Å²) >= 11 is 0. The zero-order chi connectivity index (χ0) is 26.0. The fraction of sp³-hybridized carbons (Fsp3) is 0.265. The van der Waals surface area contributed by atoms with E-state index in [0.29, 0.717) is 13.0 Å². The van der Waals surface area contributed by atoms with Gasteiger partial charge in [0.1, 0.15) is 0 Å². The Kier molecular flexibility index (Phi) is 9.29. The smallest absolute Gasteiger partial charge is 0.228 e. The SMILES string of the molecule is C[C@H](NC[C@@H](Cc1ccccc1)C(=O)N([C@H](C)c1ccccc1)[C@H](C)c1ccccc1)c1ccccc1. The van der Waals surface area contributed by atoms with Crippen molar-refractivity contribution in [2.24, 2.45) is 5.92 Å². The van der Waals surface area contributed by atoms with Crippen molar-refractivity contribution in [3.8, 4) is 0 Å². The van der Waals surface area contributed by atoms with Gasteiger partial charge in [0.15, 0.2) is 0 Å². The Labute approximate surface area is 222 Å². The maximum Gasteiger partial charge on any atom is 0.228 e. The number of carbonyl (C=O) groups excluding carboxylic acids is 1. The number of hydrogen-bond donors (Lipinski definition) is 1. The van der Waals surface area contributed by atoms with E-state index in [0.717, 1.165) is 11.1 Å². The summed E-state index contributed by atoms with van der Waals surface area (Å²) in [6.45, 7) is 7.05. The molecule has 4 aromatic rings. The van der Waals surface area contributed by atoms with Crippen LogP contribution in [0.3, 0.4) is 0 Å². The zero-order valence-electron chi connectivity index (χ0n) is 22.1. The Balaban J connectivity index is 1.65. The fourth-order valence-corrected chi connectivity index (χ4v) is 5.04. The van der Waals surface area contributed by atoms with E-state index >= 15 is 0 Å². The molecule has 3 heteroatoms. The second-order valence-electron chi connectivity index (χ2n) is 9.85. The van der Waals surface area contributed by atoms with E-state index in [1.165, 1.54) is 11.1 Å². The molecule has 0 radical (unpaired) electrons. The molecule has 4 atom stereocenters. The van der Waals surface area contributed by atoms with E-state index in [4.69, 9.17) is 0 Å². The number of benzene rings is 4. The van der Waals surface area contributed by atoms with Crippen LogP contribution in [0.25, 0.3) is 0 Å². The van der Waals surface area contributed by atoms with Gasteiger partial charge < -0.3 is 10.2 Å². The van der Waals surface area contributed by atoms with Crippen molar-refractivity contribution in [1.29, 1.82) is 0 Å². The highest BCUT2D eigenvalue weighted by molar-refractivity contribution is 5.80. The van der Waals surface area contributed by atoms with Gasteiger partial charge in [0.2, 0.25) is 5.91 Å². The van der Waals surface area contributed by atoms with Gasteiger partial charge >= 0.3 is 0 Å². The van der Waals surface area contributed by atoms with Crippen LogP contribution in [0.4, 0.5) is 0 Å². The maximum atomic E-state index is 14.5. The molecule has 0 heterocycles. The Morgan fingerprint density at radius 1 is 0.622 bits per heavy atom. The average Bonchev–Trinajstić information content (AvgIpc) is 2.97. The molecule has 4 rings (SSSR count). The third kappa shape index (κ3) is 6.96. The molecule has 0 aliphatic heterocycles. The van der Waals surface area contributed by atoms with Crippen molar-refractivity contribution in [1.82, 2.24) is 10.2 Å². The van der Waals surface area contributed by atoms with Gasteiger partial charge in [0.05, 0.1) is 18.0 Å². The number of rotatable bonds is 11. The molecule has 0 aromatic heterocycles. The standard InChI is InChI=1S/C34H38N2O/c1-26(30-18-10-5-11-19-30)35-25-33(24-29-16-8-4-9-17-29)34(37)36(27(2)31-20-12-6-13-21-31)28(3)32-22-14-7-15-23-32/h4-23,26-28,33,35H,24-25H2,1-3H3/t26-,27+,28+,33+/m0/s1. The van der Waals surface area contributed by atoms with Crippen LogP contribution in [0, 0.1) is 5.92 Å². The van der Waals surface area contributed by atoms with Crippen molar-refractivity contribution in [3.05, 3.63) is 144 Å². The highest BCUT2D eigenvalue weighted by Gasteiger charge is 2.33. The first-order valence-electron chi connectivity index (χ1n) is 13.3. The van der Waals surface area contributed by atoms with E-state index in [2.05, 4.69) is 91.7 Å². The van der Waals surface area contributed by atoms with Crippen molar-refractivity contribution >= 4 is 5.91 Å². The highest BCUT2D eigenvalue weighted by Crippen LogP contribution is 2.32. The van der Waals surface area contributed by atoms with Crippen molar-refractivity contribution in [2.75, 3.05) is 6.54 Å². The second-order valence-corrected chi connectivity index (χ2v) is 9.85. The quantitative estimate of drug-likeness (QED) is 0.235. The molecule has 0 fully saturated rings. The molecule has 37 heavy (non-hydrogen) atoms. The monoisotopic (exact) mass is 490 g/mol. The van der Waals surface area contributed by atoms with Crippen LogP contribution >= 0.6 is 0 Å². The van der Waals surface area contributed by atoms with Crippen LogP contribution in [-0.2, 0) is 11.2 Å². The third-order valence-electron chi connectivity index (χ3n) is 7.30. The minimum atomic E-state index is -0.203. The highest BCUT2D eigenvalue weighted by atomic mass is 16.2. The number of nitrogens with one attached hydrogen (secondary N) is 1. The lowest BCUT2D eigenvalue weighted by Crippen LogP contribution is -2.44. The first-order valence-corrected chi connectivity index (χ1v) is 13.3. The second kappa shape index (κ2) is 13.0. The lowest BCUT2D eigenvalue weighted by atomic mass is 9.93. The maximum absolute atomic E-state index is 14.5. The first-order chi connectivity index (χ1) is 18.0.